The van der Waals surface area contributed by atoms with Crippen LogP contribution in [0.3, 0.4) is 0 Å². The van der Waals surface area contributed by atoms with Crippen LogP contribution in [0.2, 0.25) is 0 Å². The molecule has 1 fully saturated rings. The molecule has 0 aliphatic carbocycles. The van der Waals surface area contributed by atoms with Crippen LogP contribution in [0.25, 0.3) is 0 Å². The Balaban J connectivity index is 2.71. The lowest BCUT2D eigenvalue weighted by atomic mass is 9.96. The third kappa shape index (κ3) is 1.26. The molecular weight excluding hydrogens is 150 g/mol. The van der Waals surface area contributed by atoms with Crippen LogP contribution >= 0.6 is 0 Å². The zero-order valence-electron chi connectivity index (χ0n) is 7.10. The van der Waals surface area contributed by atoms with E-state index in [-0.39, 0.29) is 6.10 Å². The maximum atomic E-state index is 13.0. The minimum atomic E-state index is -2.64. The van der Waals surface area contributed by atoms with Crippen molar-refractivity contribution in [1.29, 1.82) is 0 Å². The molecule has 0 N–H and O–H groups in total. The number of rotatable bonds is 1. The lowest BCUT2D eigenvalue weighted by Gasteiger charge is -2.17. The van der Waals surface area contributed by atoms with Crippen molar-refractivity contribution >= 4 is 0 Å². The third-order valence-corrected chi connectivity index (χ3v) is 2.49. The van der Waals surface area contributed by atoms with Gasteiger partial charge in [0.1, 0.15) is 6.10 Å². The Kier molecular flexibility index (Phi) is 2.19. The fraction of sp³-hybridized carbons (Fsp3) is 1.00. The summed E-state index contributed by atoms with van der Waals surface area (Å²) in [7, 11) is 0. The fourth-order valence-corrected chi connectivity index (χ4v) is 1.54. The van der Waals surface area contributed by atoms with E-state index in [9.17, 15) is 8.78 Å². The lowest BCUT2D eigenvalue weighted by molar-refractivity contribution is -0.0770. The van der Waals surface area contributed by atoms with Gasteiger partial charge < -0.3 is 4.74 Å². The van der Waals surface area contributed by atoms with Gasteiger partial charge in [0.15, 0.2) is 0 Å². The van der Waals surface area contributed by atoms with E-state index >= 15 is 0 Å². The van der Waals surface area contributed by atoms with E-state index < -0.39 is 17.9 Å². The topological polar surface area (TPSA) is 9.23 Å². The van der Waals surface area contributed by atoms with Crippen LogP contribution in [0.15, 0.2) is 0 Å². The summed E-state index contributed by atoms with van der Waals surface area (Å²) in [5.74, 6) is -3.27. The summed E-state index contributed by atoms with van der Waals surface area (Å²) < 4.78 is 31.2. The summed E-state index contributed by atoms with van der Waals surface area (Å²) >= 11 is 0. The van der Waals surface area contributed by atoms with Crippen LogP contribution in [0.4, 0.5) is 8.78 Å². The Morgan fingerprint density at radius 2 is 1.91 bits per heavy atom. The summed E-state index contributed by atoms with van der Waals surface area (Å²) in [5, 5.41) is 0. The quantitative estimate of drug-likeness (QED) is 0.578. The minimum absolute atomic E-state index is 0.264. The van der Waals surface area contributed by atoms with Gasteiger partial charge in [-0.25, -0.2) is 8.78 Å². The Hall–Kier alpha value is -0.180. The molecule has 11 heavy (non-hydrogen) atoms. The average molecular weight is 164 g/mol. The molecule has 3 heteroatoms. The Labute approximate surface area is 65.7 Å². The third-order valence-electron chi connectivity index (χ3n) is 2.49. The van der Waals surface area contributed by atoms with Gasteiger partial charge in [-0.1, -0.05) is 13.8 Å². The van der Waals surface area contributed by atoms with E-state index in [1.807, 2.05) is 6.92 Å². The minimum Gasteiger partial charge on any atom is -0.369 e. The fourth-order valence-electron chi connectivity index (χ4n) is 1.54. The molecule has 0 unspecified atom stereocenters. The summed E-state index contributed by atoms with van der Waals surface area (Å²) in [6.07, 6.45) is -0.511. The number of alkyl halides is 2. The first kappa shape index (κ1) is 8.91. The number of ether oxygens (including phenoxy) is 1. The molecule has 0 amide bonds. The predicted octanol–water partition coefficient (Wildman–Crippen LogP) is 2.46. The van der Waals surface area contributed by atoms with E-state index in [0.29, 0.717) is 6.42 Å². The van der Waals surface area contributed by atoms with Crippen molar-refractivity contribution in [3.63, 3.8) is 0 Å². The smallest absolute Gasteiger partial charge is 0.278 e. The second-order valence-electron chi connectivity index (χ2n) is 3.19. The van der Waals surface area contributed by atoms with Crippen LogP contribution in [0.5, 0.6) is 0 Å². The molecule has 1 aliphatic rings. The van der Waals surface area contributed by atoms with E-state index in [0.717, 1.165) is 0 Å². The Morgan fingerprint density at radius 3 is 2.09 bits per heavy atom. The largest absolute Gasteiger partial charge is 0.369 e. The lowest BCUT2D eigenvalue weighted by Crippen LogP contribution is -2.31. The van der Waals surface area contributed by atoms with Gasteiger partial charge >= 0.3 is 0 Å². The number of hydrogen-bond acceptors (Lipinski definition) is 1. The van der Waals surface area contributed by atoms with E-state index in [2.05, 4.69) is 0 Å². The molecule has 0 saturated carbocycles. The summed E-state index contributed by atoms with van der Waals surface area (Å²) in [4.78, 5) is 0. The van der Waals surface area contributed by atoms with Crippen molar-refractivity contribution in [2.24, 2.45) is 5.92 Å². The zero-order chi connectivity index (χ0) is 8.65. The van der Waals surface area contributed by atoms with Crippen LogP contribution in [0, 0.1) is 5.92 Å². The number of halogens is 2. The normalized spacial score (nSPS) is 42.8. The van der Waals surface area contributed by atoms with Crippen LogP contribution < -0.4 is 0 Å². The van der Waals surface area contributed by atoms with Gasteiger partial charge in [-0.05, 0) is 13.3 Å². The summed E-state index contributed by atoms with van der Waals surface area (Å²) in [5.41, 5.74) is 0. The van der Waals surface area contributed by atoms with Crippen molar-refractivity contribution in [3.8, 4) is 0 Å². The van der Waals surface area contributed by atoms with Crippen molar-refractivity contribution < 1.29 is 13.5 Å². The molecule has 1 heterocycles. The second-order valence-corrected chi connectivity index (χ2v) is 3.19. The van der Waals surface area contributed by atoms with E-state index in [1.54, 1.807) is 6.92 Å². The monoisotopic (exact) mass is 164 g/mol. The van der Waals surface area contributed by atoms with Crippen LogP contribution in [0.1, 0.15) is 27.2 Å². The molecule has 0 aromatic heterocycles. The van der Waals surface area contributed by atoms with Gasteiger partial charge in [-0.2, -0.15) is 0 Å². The predicted molar refractivity (Wildman–Crippen MR) is 38.7 cm³/mol. The molecule has 1 rings (SSSR count). The number of hydrogen-bond donors (Lipinski definition) is 0. The van der Waals surface area contributed by atoms with Gasteiger partial charge in [-0.3, -0.25) is 0 Å². The molecule has 0 spiro atoms. The first-order chi connectivity index (χ1) is 5.00. The molecule has 0 aromatic carbocycles. The van der Waals surface area contributed by atoms with Gasteiger partial charge in [0, 0.05) is 5.92 Å². The maximum Gasteiger partial charge on any atom is 0.278 e. The molecule has 1 saturated heterocycles. The molecule has 0 aromatic rings. The highest BCUT2D eigenvalue weighted by Gasteiger charge is 2.53. The van der Waals surface area contributed by atoms with Crippen LogP contribution in [-0.2, 0) is 4.74 Å². The molecule has 3 atom stereocenters. The second kappa shape index (κ2) is 2.70. The molecule has 66 valence electrons. The molecule has 1 aliphatic heterocycles. The van der Waals surface area contributed by atoms with Crippen molar-refractivity contribution in [1.82, 2.24) is 0 Å². The standard InChI is InChI=1S/C8H14F2O/c1-4-7-5(2)8(9,10)6(3)11-7/h5-7H,4H2,1-3H3/t5-,6+,7+/m0/s1. The average Bonchev–Trinajstić information content (AvgIpc) is 2.14. The summed E-state index contributed by atoms with van der Waals surface area (Å²) in [6.45, 7) is 4.86. The van der Waals surface area contributed by atoms with Crippen molar-refractivity contribution in [2.45, 2.75) is 45.3 Å². The molecule has 0 radical (unpaired) electrons. The highest BCUT2D eigenvalue weighted by molar-refractivity contribution is 4.91. The Morgan fingerprint density at radius 1 is 1.36 bits per heavy atom. The molecule has 0 bridgehead atoms. The van der Waals surface area contributed by atoms with Gasteiger partial charge in [-0.15, -0.1) is 0 Å². The zero-order valence-corrected chi connectivity index (χ0v) is 7.10. The van der Waals surface area contributed by atoms with E-state index in [4.69, 9.17) is 4.74 Å². The molecule has 1 nitrogen and oxygen atoms in total. The highest BCUT2D eigenvalue weighted by atomic mass is 19.3. The SMILES string of the molecule is CC[C@H]1O[C@H](C)C(F)(F)[C@H]1C. The van der Waals surface area contributed by atoms with Gasteiger partial charge in [0.2, 0.25) is 0 Å². The first-order valence-corrected chi connectivity index (χ1v) is 4.03. The maximum absolute atomic E-state index is 13.0. The summed E-state index contributed by atoms with van der Waals surface area (Å²) in [6, 6.07) is 0. The molecular formula is C8H14F2O. The van der Waals surface area contributed by atoms with Crippen molar-refractivity contribution in [2.75, 3.05) is 0 Å². The Bertz CT molecular complexity index is 147. The van der Waals surface area contributed by atoms with E-state index in [1.165, 1.54) is 6.92 Å². The van der Waals surface area contributed by atoms with Crippen molar-refractivity contribution in [3.05, 3.63) is 0 Å². The van der Waals surface area contributed by atoms with Gasteiger partial charge in [0.05, 0.1) is 6.10 Å². The van der Waals surface area contributed by atoms with Gasteiger partial charge in [0.25, 0.3) is 5.92 Å². The van der Waals surface area contributed by atoms with Crippen LogP contribution in [-0.4, -0.2) is 18.1 Å². The first-order valence-electron chi connectivity index (χ1n) is 4.03. The highest BCUT2D eigenvalue weighted by Crippen LogP contribution is 2.41.